The second kappa shape index (κ2) is 7.08. The van der Waals surface area contributed by atoms with Gasteiger partial charge in [-0.25, -0.2) is 0 Å². The van der Waals surface area contributed by atoms with Gasteiger partial charge in [0.15, 0.2) is 11.5 Å². The molecule has 0 saturated heterocycles. The number of benzene rings is 1. The van der Waals surface area contributed by atoms with Gasteiger partial charge in [0.25, 0.3) is 0 Å². The third-order valence-electron chi connectivity index (χ3n) is 3.53. The summed E-state index contributed by atoms with van der Waals surface area (Å²) >= 11 is 3.43. The van der Waals surface area contributed by atoms with Gasteiger partial charge in [0.1, 0.15) is 0 Å². The van der Waals surface area contributed by atoms with Crippen molar-refractivity contribution in [2.75, 3.05) is 21.3 Å². The minimum Gasteiger partial charge on any atom is -0.493 e. The summed E-state index contributed by atoms with van der Waals surface area (Å²) in [5, 5.41) is 0. The number of nitrogens with zero attached hydrogens (tertiary/aromatic N) is 1. The van der Waals surface area contributed by atoms with Crippen molar-refractivity contribution in [1.29, 1.82) is 0 Å². The fraction of sp³-hybridized carbons (Fsp3) is 0.353. The van der Waals surface area contributed by atoms with Crippen LogP contribution in [0, 0.1) is 0 Å². The number of rotatable bonds is 6. The Balaban J connectivity index is 2.56. The standard InChI is InChI=1S/C17H20BrNO4/c1-10(2)19-9-12(18)8-13(19)16(20)11-6-14(21-3)17(23-5)15(7-11)22-4/h6-10H,1-5H3. The molecule has 0 bridgehead atoms. The van der Waals surface area contributed by atoms with Crippen LogP contribution in [0.25, 0.3) is 0 Å². The lowest BCUT2D eigenvalue weighted by Crippen LogP contribution is -2.12. The third-order valence-corrected chi connectivity index (χ3v) is 3.96. The Labute approximate surface area is 144 Å². The molecule has 1 aromatic heterocycles. The lowest BCUT2D eigenvalue weighted by molar-refractivity contribution is 0.102. The van der Waals surface area contributed by atoms with Crippen LogP contribution in [-0.4, -0.2) is 31.7 Å². The van der Waals surface area contributed by atoms with Crippen LogP contribution >= 0.6 is 15.9 Å². The van der Waals surface area contributed by atoms with E-state index in [4.69, 9.17) is 14.2 Å². The van der Waals surface area contributed by atoms with Crippen molar-refractivity contribution in [2.45, 2.75) is 19.9 Å². The Bertz CT molecular complexity index is 696. The molecule has 0 unspecified atom stereocenters. The number of methoxy groups -OCH3 is 3. The van der Waals surface area contributed by atoms with Crippen molar-refractivity contribution in [1.82, 2.24) is 4.57 Å². The Hall–Kier alpha value is -1.95. The molecule has 0 aliphatic carbocycles. The van der Waals surface area contributed by atoms with Crippen LogP contribution in [-0.2, 0) is 0 Å². The molecule has 0 spiro atoms. The van der Waals surface area contributed by atoms with Gasteiger partial charge < -0.3 is 18.8 Å². The van der Waals surface area contributed by atoms with Gasteiger partial charge in [0.2, 0.25) is 11.5 Å². The van der Waals surface area contributed by atoms with E-state index in [1.165, 1.54) is 21.3 Å². The van der Waals surface area contributed by atoms with Crippen LogP contribution in [0.5, 0.6) is 17.2 Å². The van der Waals surface area contributed by atoms with Gasteiger partial charge in [-0.2, -0.15) is 0 Å². The fourth-order valence-electron chi connectivity index (χ4n) is 2.41. The maximum atomic E-state index is 12.9. The molecule has 0 aliphatic rings. The number of ketones is 1. The molecule has 0 radical (unpaired) electrons. The number of hydrogen-bond donors (Lipinski definition) is 0. The Kier molecular flexibility index (Phi) is 5.36. The minimum atomic E-state index is -0.108. The quantitative estimate of drug-likeness (QED) is 0.707. The summed E-state index contributed by atoms with van der Waals surface area (Å²) < 4.78 is 18.7. The largest absolute Gasteiger partial charge is 0.493 e. The molecule has 2 rings (SSSR count). The summed E-state index contributed by atoms with van der Waals surface area (Å²) in [5.41, 5.74) is 1.08. The highest BCUT2D eigenvalue weighted by Crippen LogP contribution is 2.39. The summed E-state index contributed by atoms with van der Waals surface area (Å²) in [6, 6.07) is 5.30. The molecule has 1 aromatic carbocycles. The number of carbonyl (C=O) groups excluding carboxylic acids is 1. The van der Waals surface area contributed by atoms with E-state index in [-0.39, 0.29) is 11.8 Å². The number of halogens is 1. The van der Waals surface area contributed by atoms with Crippen molar-refractivity contribution in [3.05, 3.63) is 40.1 Å². The van der Waals surface area contributed by atoms with Crippen LogP contribution < -0.4 is 14.2 Å². The van der Waals surface area contributed by atoms with Crippen LogP contribution in [0.15, 0.2) is 28.9 Å². The predicted octanol–water partition coefficient (Wildman–Crippen LogP) is 4.09. The van der Waals surface area contributed by atoms with E-state index in [0.29, 0.717) is 28.5 Å². The zero-order valence-corrected chi connectivity index (χ0v) is 15.4. The lowest BCUT2D eigenvalue weighted by atomic mass is 10.1. The van der Waals surface area contributed by atoms with Crippen LogP contribution in [0.4, 0.5) is 0 Å². The average Bonchev–Trinajstić information content (AvgIpc) is 2.94. The molecule has 0 saturated carbocycles. The first-order chi connectivity index (χ1) is 10.9. The van der Waals surface area contributed by atoms with E-state index in [2.05, 4.69) is 15.9 Å². The molecule has 0 N–H and O–H groups in total. The Morgan fingerprint density at radius 1 is 1.04 bits per heavy atom. The van der Waals surface area contributed by atoms with Gasteiger partial charge in [0.05, 0.1) is 27.0 Å². The first-order valence-corrected chi connectivity index (χ1v) is 7.94. The molecule has 0 aliphatic heterocycles. The SMILES string of the molecule is COc1cc(C(=O)c2cc(Br)cn2C(C)C)cc(OC)c1OC. The van der Waals surface area contributed by atoms with E-state index < -0.39 is 0 Å². The van der Waals surface area contributed by atoms with E-state index in [0.717, 1.165) is 4.47 Å². The smallest absolute Gasteiger partial charge is 0.209 e. The highest BCUT2D eigenvalue weighted by Gasteiger charge is 2.21. The monoisotopic (exact) mass is 381 g/mol. The molecule has 0 atom stereocenters. The molecule has 5 nitrogen and oxygen atoms in total. The third kappa shape index (κ3) is 3.37. The highest BCUT2D eigenvalue weighted by molar-refractivity contribution is 9.10. The van der Waals surface area contributed by atoms with Gasteiger partial charge in [-0.1, -0.05) is 0 Å². The average molecular weight is 382 g/mol. The van der Waals surface area contributed by atoms with Crippen molar-refractivity contribution in [3.8, 4) is 17.2 Å². The zero-order chi connectivity index (χ0) is 17.1. The summed E-state index contributed by atoms with van der Waals surface area (Å²) in [6.45, 7) is 4.05. The maximum Gasteiger partial charge on any atom is 0.209 e. The van der Waals surface area contributed by atoms with Crippen LogP contribution in [0.2, 0.25) is 0 Å². The Morgan fingerprint density at radius 2 is 1.61 bits per heavy atom. The van der Waals surface area contributed by atoms with Crippen LogP contribution in [0.3, 0.4) is 0 Å². The van der Waals surface area contributed by atoms with Gasteiger partial charge in [-0.05, 0) is 48.0 Å². The molecule has 23 heavy (non-hydrogen) atoms. The van der Waals surface area contributed by atoms with Gasteiger partial charge in [-0.3, -0.25) is 4.79 Å². The van der Waals surface area contributed by atoms with Gasteiger partial charge in [0, 0.05) is 22.3 Å². The lowest BCUT2D eigenvalue weighted by Gasteiger charge is -2.15. The van der Waals surface area contributed by atoms with Gasteiger partial charge >= 0.3 is 0 Å². The van der Waals surface area contributed by atoms with Crippen molar-refractivity contribution < 1.29 is 19.0 Å². The maximum absolute atomic E-state index is 12.9. The van der Waals surface area contributed by atoms with Crippen LogP contribution in [0.1, 0.15) is 35.9 Å². The van der Waals surface area contributed by atoms with E-state index >= 15 is 0 Å². The molecule has 0 fully saturated rings. The Morgan fingerprint density at radius 3 is 2.04 bits per heavy atom. The normalized spacial score (nSPS) is 10.7. The number of ether oxygens (including phenoxy) is 3. The molecular formula is C17H20BrNO4. The van der Waals surface area contributed by atoms with Crippen molar-refractivity contribution in [3.63, 3.8) is 0 Å². The number of hydrogen-bond acceptors (Lipinski definition) is 4. The first kappa shape index (κ1) is 17.4. The van der Waals surface area contributed by atoms with Crippen molar-refractivity contribution in [2.24, 2.45) is 0 Å². The second-order valence-electron chi connectivity index (χ2n) is 5.29. The molecule has 6 heteroatoms. The molecule has 124 valence electrons. The summed E-state index contributed by atoms with van der Waals surface area (Å²) in [7, 11) is 4.58. The van der Waals surface area contributed by atoms with Crippen molar-refractivity contribution >= 4 is 21.7 Å². The fourth-order valence-corrected chi connectivity index (χ4v) is 2.85. The summed E-state index contributed by atoms with van der Waals surface area (Å²) in [5.74, 6) is 1.27. The first-order valence-electron chi connectivity index (χ1n) is 7.15. The number of aromatic nitrogens is 1. The topological polar surface area (TPSA) is 49.7 Å². The van der Waals surface area contributed by atoms with E-state index in [1.807, 2.05) is 30.7 Å². The molecular weight excluding hydrogens is 362 g/mol. The predicted molar refractivity (Wildman–Crippen MR) is 92.0 cm³/mol. The zero-order valence-electron chi connectivity index (χ0n) is 13.8. The van der Waals surface area contributed by atoms with E-state index in [9.17, 15) is 4.79 Å². The summed E-state index contributed by atoms with van der Waals surface area (Å²) in [6.07, 6.45) is 1.90. The van der Waals surface area contributed by atoms with Gasteiger partial charge in [-0.15, -0.1) is 0 Å². The van der Waals surface area contributed by atoms with E-state index in [1.54, 1.807) is 12.1 Å². The molecule has 0 amide bonds. The number of carbonyl (C=O) groups is 1. The molecule has 1 heterocycles. The summed E-state index contributed by atoms with van der Waals surface area (Å²) in [4.78, 5) is 12.9. The highest BCUT2D eigenvalue weighted by atomic mass is 79.9. The minimum absolute atomic E-state index is 0.108. The molecule has 2 aromatic rings. The second-order valence-corrected chi connectivity index (χ2v) is 6.20.